The second kappa shape index (κ2) is 16.4. The molecule has 3 aromatic heterocycles. The summed E-state index contributed by atoms with van der Waals surface area (Å²) in [5.41, 5.74) is 10.3. The molecule has 1 saturated heterocycles. The van der Waals surface area contributed by atoms with E-state index >= 15 is 0 Å². The average Bonchev–Trinajstić information content (AvgIpc) is 3.57. The Balaban J connectivity index is 1.33. The van der Waals surface area contributed by atoms with Gasteiger partial charge in [0.25, 0.3) is 5.91 Å². The smallest absolute Gasteiger partial charge is 0.259 e. The summed E-state index contributed by atoms with van der Waals surface area (Å²) in [6.45, 7) is 5.75. The van der Waals surface area contributed by atoms with E-state index in [1.165, 1.54) is 49.9 Å². The predicted molar refractivity (Wildman–Crippen MR) is 217 cm³/mol. The summed E-state index contributed by atoms with van der Waals surface area (Å²) in [6, 6.07) is 14.4. The number of pyridine rings is 1. The zero-order valence-corrected chi connectivity index (χ0v) is 33.2. The molecule has 3 N–H and O–H groups in total. The maximum Gasteiger partial charge on any atom is 0.259 e. The fraction of sp³-hybridized carbons (Fsp3) is 0.286. The molecule has 4 heterocycles. The molecular formula is C42H42F3N7O5S. The molecule has 12 nitrogen and oxygen atoms in total. The van der Waals surface area contributed by atoms with Crippen LogP contribution in [0.1, 0.15) is 42.1 Å². The van der Waals surface area contributed by atoms with Crippen molar-refractivity contribution >= 4 is 38.7 Å². The van der Waals surface area contributed by atoms with Crippen molar-refractivity contribution in [2.75, 3.05) is 54.8 Å². The number of aryl methyl sites for hydroxylation is 1. The van der Waals surface area contributed by atoms with Gasteiger partial charge in [-0.2, -0.15) is 0 Å². The molecule has 0 unspecified atom stereocenters. The number of ether oxygens (including phenoxy) is 2. The number of hydrogen-bond donors (Lipinski definition) is 2. The van der Waals surface area contributed by atoms with E-state index < -0.39 is 38.9 Å². The second-order valence-corrected chi connectivity index (χ2v) is 16.5. The lowest BCUT2D eigenvalue weighted by Gasteiger charge is -2.35. The van der Waals surface area contributed by atoms with E-state index in [4.69, 9.17) is 25.2 Å². The second-order valence-electron chi connectivity index (χ2n) is 14.3. The minimum atomic E-state index is -3.03. The summed E-state index contributed by atoms with van der Waals surface area (Å²) >= 11 is 0. The van der Waals surface area contributed by atoms with Gasteiger partial charge in [0.05, 0.1) is 30.7 Å². The number of methoxy groups -OCH3 is 1. The van der Waals surface area contributed by atoms with Gasteiger partial charge in [-0.25, -0.2) is 36.5 Å². The Morgan fingerprint density at radius 1 is 0.966 bits per heavy atom. The number of nitrogen functional groups attached to an aromatic ring is 1. The highest BCUT2D eigenvalue weighted by atomic mass is 32.2. The molecule has 1 fully saturated rings. The molecule has 302 valence electrons. The van der Waals surface area contributed by atoms with Gasteiger partial charge in [0, 0.05) is 66.2 Å². The van der Waals surface area contributed by atoms with Crippen LogP contribution in [0.4, 0.5) is 30.5 Å². The molecule has 0 aliphatic carbocycles. The number of nitrogens with one attached hydrogen (secondary N) is 1. The number of nitrogens with zero attached hydrogens (tertiary/aromatic N) is 5. The summed E-state index contributed by atoms with van der Waals surface area (Å²) in [4.78, 5) is 29.8. The zero-order chi connectivity index (χ0) is 41.3. The molecule has 1 aliphatic heterocycles. The Bertz CT molecular complexity index is 2630. The van der Waals surface area contributed by atoms with E-state index in [0.717, 1.165) is 49.3 Å². The first kappa shape index (κ1) is 40.1. The third-order valence-corrected chi connectivity index (χ3v) is 11.3. The summed E-state index contributed by atoms with van der Waals surface area (Å²) < 4.78 is 80.8. The number of halogens is 3. The van der Waals surface area contributed by atoms with Gasteiger partial charge in [-0.3, -0.25) is 9.20 Å². The van der Waals surface area contributed by atoms with Gasteiger partial charge in [-0.15, -0.1) is 0 Å². The fourth-order valence-electron chi connectivity index (χ4n) is 7.40. The molecule has 58 heavy (non-hydrogen) atoms. The third kappa shape index (κ3) is 8.28. The number of carbonyl (C=O) groups excluding carboxylic acids is 1. The van der Waals surface area contributed by atoms with E-state index in [1.54, 1.807) is 16.7 Å². The summed E-state index contributed by atoms with van der Waals surface area (Å²) in [5, 5.41) is 2.31. The standard InChI is InChI=1S/C42H42F3N7O5S/c1-5-57-35-22-33(51-15-11-25(12-16-51)14-18-58(4,54)55)24(2)19-28(35)30-23-47-42(46)50-38(30)40-37(48-36-21-27(43)13-17-52(36)40)26-9-10-34(56-3)29(20-26)41(53)49-39-31(44)7-6-8-32(39)45/h6-10,13,17,19-23,25H,5,11-12,14-16,18H2,1-4H3,(H,49,53)(H2,46,47,50). The first-order chi connectivity index (χ1) is 27.7. The van der Waals surface area contributed by atoms with Gasteiger partial charge in [0.2, 0.25) is 5.95 Å². The highest BCUT2D eigenvalue weighted by molar-refractivity contribution is 7.90. The lowest BCUT2D eigenvalue weighted by Crippen LogP contribution is -2.34. The van der Waals surface area contributed by atoms with Gasteiger partial charge in [0.15, 0.2) is 0 Å². The van der Waals surface area contributed by atoms with Crippen molar-refractivity contribution in [3.05, 3.63) is 102 Å². The molecule has 0 saturated carbocycles. The van der Waals surface area contributed by atoms with Gasteiger partial charge in [-0.05, 0) is 87.1 Å². The number of hydrogen-bond acceptors (Lipinski definition) is 10. The van der Waals surface area contributed by atoms with Crippen LogP contribution in [0.5, 0.6) is 11.5 Å². The Kier molecular flexibility index (Phi) is 11.3. The quantitative estimate of drug-likeness (QED) is 0.125. The molecular weight excluding hydrogens is 772 g/mol. The first-order valence-electron chi connectivity index (χ1n) is 18.7. The van der Waals surface area contributed by atoms with Crippen LogP contribution in [0, 0.1) is 30.3 Å². The van der Waals surface area contributed by atoms with Crippen molar-refractivity contribution in [1.29, 1.82) is 0 Å². The number of nitrogens with two attached hydrogens (primary N) is 1. The fourth-order valence-corrected chi connectivity index (χ4v) is 8.16. The van der Waals surface area contributed by atoms with Crippen LogP contribution in [-0.2, 0) is 9.84 Å². The molecule has 7 rings (SSSR count). The van der Waals surface area contributed by atoms with Gasteiger partial charge in [-0.1, -0.05) is 6.07 Å². The molecule has 1 amide bonds. The highest BCUT2D eigenvalue weighted by Gasteiger charge is 2.28. The SMILES string of the molecule is CCOc1cc(N2CCC(CCS(C)(=O)=O)CC2)c(C)cc1-c1cnc(N)nc1-c1c(-c2ccc(OC)c(C(=O)Nc3c(F)cccc3F)c2)nc2cc(F)ccn12. The summed E-state index contributed by atoms with van der Waals surface area (Å²) in [5.74, 6) is -2.16. The maximum atomic E-state index is 14.7. The summed E-state index contributed by atoms with van der Waals surface area (Å²) in [6.07, 6.45) is 6.74. The predicted octanol–water partition coefficient (Wildman–Crippen LogP) is 7.74. The van der Waals surface area contributed by atoms with Crippen LogP contribution < -0.4 is 25.4 Å². The van der Waals surface area contributed by atoms with E-state index in [0.29, 0.717) is 52.8 Å². The Labute approximate surface area is 333 Å². The lowest BCUT2D eigenvalue weighted by atomic mass is 9.93. The number of fused-ring (bicyclic) bond motifs is 1. The Morgan fingerprint density at radius 3 is 2.40 bits per heavy atom. The summed E-state index contributed by atoms with van der Waals surface area (Å²) in [7, 11) is -1.67. The van der Waals surface area contributed by atoms with E-state index in [-0.39, 0.29) is 34.4 Å². The number of imidazole rings is 1. The van der Waals surface area contributed by atoms with Crippen molar-refractivity contribution in [3.63, 3.8) is 0 Å². The molecule has 0 spiro atoms. The van der Waals surface area contributed by atoms with Crippen LogP contribution in [0.15, 0.2) is 73.1 Å². The number of rotatable bonds is 12. The van der Waals surface area contributed by atoms with Crippen LogP contribution in [0.25, 0.3) is 39.4 Å². The minimum absolute atomic E-state index is 0.0477. The van der Waals surface area contributed by atoms with E-state index in [9.17, 15) is 26.4 Å². The van der Waals surface area contributed by atoms with Crippen molar-refractivity contribution in [1.82, 2.24) is 19.4 Å². The van der Waals surface area contributed by atoms with Crippen LogP contribution >= 0.6 is 0 Å². The van der Waals surface area contributed by atoms with Crippen molar-refractivity contribution < 1.29 is 35.9 Å². The Hall–Kier alpha value is -6.16. The van der Waals surface area contributed by atoms with E-state index in [2.05, 4.69) is 15.2 Å². The van der Waals surface area contributed by atoms with E-state index in [1.807, 2.05) is 26.0 Å². The topological polar surface area (TPSA) is 154 Å². The molecule has 3 aromatic carbocycles. The number of benzene rings is 3. The number of amides is 1. The number of carbonyl (C=O) groups is 1. The van der Waals surface area contributed by atoms with Gasteiger partial charge < -0.3 is 25.4 Å². The third-order valence-electron chi connectivity index (χ3n) is 10.3. The average molecular weight is 814 g/mol. The molecule has 0 atom stereocenters. The molecule has 16 heteroatoms. The van der Waals surface area contributed by atoms with Crippen molar-refractivity contribution in [2.45, 2.75) is 33.1 Å². The maximum absolute atomic E-state index is 14.7. The van der Waals surface area contributed by atoms with Crippen LogP contribution in [-0.4, -0.2) is 72.5 Å². The van der Waals surface area contributed by atoms with Crippen LogP contribution in [0.2, 0.25) is 0 Å². The Morgan fingerprint density at radius 2 is 1.71 bits per heavy atom. The number of aromatic nitrogens is 4. The van der Waals surface area contributed by atoms with Crippen molar-refractivity contribution in [3.8, 4) is 45.3 Å². The number of para-hydroxylation sites is 1. The monoisotopic (exact) mass is 813 g/mol. The minimum Gasteiger partial charge on any atom is -0.496 e. The zero-order valence-electron chi connectivity index (χ0n) is 32.4. The molecule has 1 aliphatic rings. The molecule has 0 bridgehead atoms. The molecule has 6 aromatic rings. The number of anilines is 3. The highest BCUT2D eigenvalue weighted by Crippen LogP contribution is 2.44. The number of piperidine rings is 1. The first-order valence-corrected chi connectivity index (χ1v) is 20.8. The number of sulfone groups is 1. The lowest BCUT2D eigenvalue weighted by molar-refractivity contribution is 0.102. The van der Waals surface area contributed by atoms with Crippen molar-refractivity contribution in [2.24, 2.45) is 5.92 Å². The molecule has 0 radical (unpaired) electrons. The van der Waals surface area contributed by atoms with Crippen LogP contribution in [0.3, 0.4) is 0 Å². The van der Waals surface area contributed by atoms with Gasteiger partial charge in [0.1, 0.15) is 61.5 Å². The normalized spacial score (nSPS) is 13.5. The van der Waals surface area contributed by atoms with Gasteiger partial charge >= 0.3 is 0 Å². The largest absolute Gasteiger partial charge is 0.496 e.